The molecule has 188 valence electrons. The fraction of sp³-hybridized carbons (Fsp3) is 0.296. The summed E-state index contributed by atoms with van der Waals surface area (Å²) in [5.41, 5.74) is 2.98. The van der Waals surface area contributed by atoms with Crippen LogP contribution >= 0.6 is 23.1 Å². The van der Waals surface area contributed by atoms with Crippen LogP contribution in [0.2, 0.25) is 0 Å². The average Bonchev–Trinajstić information content (AvgIpc) is 3.64. The van der Waals surface area contributed by atoms with Crippen molar-refractivity contribution in [3.05, 3.63) is 68.8 Å². The number of benzene rings is 2. The first-order chi connectivity index (χ1) is 18.1. The summed E-state index contributed by atoms with van der Waals surface area (Å²) in [4.78, 5) is 16.3. The van der Waals surface area contributed by atoms with Gasteiger partial charge in [0, 0.05) is 10.6 Å². The van der Waals surface area contributed by atoms with Crippen LogP contribution in [0.5, 0.6) is 17.2 Å². The van der Waals surface area contributed by atoms with Gasteiger partial charge in [-0.15, -0.1) is 21.5 Å². The number of ether oxygens (including phenoxy) is 3. The number of thioether (sulfide) groups is 1. The molecular formula is C27H24N4O4S2. The van der Waals surface area contributed by atoms with E-state index < -0.39 is 0 Å². The Morgan fingerprint density at radius 3 is 2.81 bits per heavy atom. The third-order valence-corrected chi connectivity index (χ3v) is 9.30. The number of aromatic nitrogens is 4. The lowest BCUT2D eigenvalue weighted by Gasteiger charge is -2.17. The van der Waals surface area contributed by atoms with Crippen LogP contribution < -0.4 is 19.8 Å². The summed E-state index contributed by atoms with van der Waals surface area (Å²) >= 11 is 3.31. The highest BCUT2D eigenvalue weighted by Gasteiger charge is 2.27. The van der Waals surface area contributed by atoms with E-state index >= 15 is 0 Å². The van der Waals surface area contributed by atoms with Gasteiger partial charge in [0.15, 0.2) is 16.7 Å². The first kappa shape index (κ1) is 22.7. The smallest absolute Gasteiger partial charge is 0.268 e. The van der Waals surface area contributed by atoms with E-state index in [0.29, 0.717) is 17.4 Å². The Morgan fingerprint density at radius 1 is 1.14 bits per heavy atom. The molecule has 0 N–H and O–H groups in total. The number of nitrogens with zero attached hydrogens (tertiary/aromatic N) is 4. The summed E-state index contributed by atoms with van der Waals surface area (Å²) in [6.45, 7) is 2.53. The molecule has 0 saturated heterocycles. The summed E-state index contributed by atoms with van der Waals surface area (Å²) in [6, 6.07) is 13.5. The van der Waals surface area contributed by atoms with Crippen molar-refractivity contribution in [1.82, 2.24) is 19.2 Å². The Hall–Kier alpha value is -3.50. The number of rotatable bonds is 5. The van der Waals surface area contributed by atoms with E-state index in [0.717, 1.165) is 63.1 Å². The van der Waals surface area contributed by atoms with Crippen molar-refractivity contribution < 1.29 is 14.2 Å². The number of aryl methyl sites for hydroxylation is 1. The number of hydrogen-bond acceptors (Lipinski definition) is 8. The lowest BCUT2D eigenvalue weighted by molar-refractivity contribution is 0.174. The van der Waals surface area contributed by atoms with E-state index in [1.165, 1.54) is 10.4 Å². The molecule has 37 heavy (non-hydrogen) atoms. The molecule has 0 bridgehead atoms. The maximum Gasteiger partial charge on any atom is 0.268 e. The molecule has 1 aliphatic carbocycles. The molecule has 4 heterocycles. The highest BCUT2D eigenvalue weighted by molar-refractivity contribution is 7.98. The fourth-order valence-electron chi connectivity index (χ4n) is 5.14. The van der Waals surface area contributed by atoms with Gasteiger partial charge in [-0.3, -0.25) is 4.79 Å². The Bertz CT molecular complexity index is 1720. The molecular weight excluding hydrogens is 508 g/mol. The van der Waals surface area contributed by atoms with Crippen molar-refractivity contribution in [2.45, 2.75) is 37.1 Å². The highest BCUT2D eigenvalue weighted by Crippen LogP contribution is 2.39. The molecule has 8 nitrogen and oxygen atoms in total. The Labute approximate surface area is 220 Å². The van der Waals surface area contributed by atoms with Crippen molar-refractivity contribution >= 4 is 39.1 Å². The average molecular weight is 533 g/mol. The molecule has 7 rings (SSSR count). The molecule has 2 aromatic carbocycles. The second-order valence-electron chi connectivity index (χ2n) is 9.46. The van der Waals surface area contributed by atoms with Gasteiger partial charge < -0.3 is 14.2 Å². The van der Waals surface area contributed by atoms with E-state index in [2.05, 4.69) is 21.5 Å². The van der Waals surface area contributed by atoms with Crippen LogP contribution in [0.1, 0.15) is 29.3 Å². The van der Waals surface area contributed by atoms with Crippen molar-refractivity contribution in [2.75, 3.05) is 13.9 Å². The van der Waals surface area contributed by atoms with E-state index in [4.69, 9.17) is 14.2 Å². The molecule has 1 atom stereocenters. The van der Waals surface area contributed by atoms with Gasteiger partial charge in [-0.25, -0.2) is 8.97 Å². The normalized spacial score (nSPS) is 16.4. The van der Waals surface area contributed by atoms with Crippen LogP contribution in [0, 0.1) is 5.92 Å². The van der Waals surface area contributed by atoms with Crippen molar-refractivity contribution in [3.8, 4) is 22.9 Å². The molecule has 3 aromatic heterocycles. The largest absolute Gasteiger partial charge is 0.497 e. The minimum absolute atomic E-state index is 0.0422. The predicted molar refractivity (Wildman–Crippen MR) is 144 cm³/mol. The molecule has 5 aromatic rings. The predicted octanol–water partition coefficient (Wildman–Crippen LogP) is 5.25. The second-order valence-corrected chi connectivity index (χ2v) is 11.5. The van der Waals surface area contributed by atoms with Crippen molar-refractivity contribution in [3.63, 3.8) is 0 Å². The van der Waals surface area contributed by atoms with E-state index in [1.807, 2.05) is 42.5 Å². The highest BCUT2D eigenvalue weighted by atomic mass is 32.2. The van der Waals surface area contributed by atoms with Crippen LogP contribution in [-0.2, 0) is 18.6 Å². The SMILES string of the molecule is COc1ccc(-n2c(=O)c3c4c(sc3n3c(SCc5ccc6c(c5)OCO6)nnc23)CC(C)CC4)cc1. The lowest BCUT2D eigenvalue weighted by atomic mass is 9.89. The second kappa shape index (κ2) is 8.81. The molecule has 10 heteroatoms. The van der Waals surface area contributed by atoms with Gasteiger partial charge in [0.2, 0.25) is 12.6 Å². The molecule has 2 aliphatic rings. The van der Waals surface area contributed by atoms with Crippen molar-refractivity contribution in [2.24, 2.45) is 5.92 Å². The third-order valence-electron chi connectivity index (χ3n) is 7.06. The first-order valence-corrected chi connectivity index (χ1v) is 14.0. The summed E-state index contributed by atoms with van der Waals surface area (Å²) < 4.78 is 20.1. The molecule has 1 unspecified atom stereocenters. The van der Waals surface area contributed by atoms with Gasteiger partial charge in [-0.05, 0) is 72.7 Å². The third kappa shape index (κ3) is 3.69. The van der Waals surface area contributed by atoms with E-state index in [-0.39, 0.29) is 12.4 Å². The van der Waals surface area contributed by atoms with Crippen LogP contribution in [0.3, 0.4) is 0 Å². The molecule has 0 saturated carbocycles. The summed E-state index contributed by atoms with van der Waals surface area (Å²) in [7, 11) is 1.63. The molecule has 0 spiro atoms. The van der Waals surface area contributed by atoms with Gasteiger partial charge in [0.05, 0.1) is 18.2 Å². The summed E-state index contributed by atoms with van der Waals surface area (Å²) in [5.74, 6) is 4.08. The number of thiophene rings is 1. The van der Waals surface area contributed by atoms with Gasteiger partial charge in [0.25, 0.3) is 5.56 Å². The maximum absolute atomic E-state index is 14.0. The number of hydrogen-bond donors (Lipinski definition) is 0. The van der Waals surface area contributed by atoms with E-state index in [9.17, 15) is 4.79 Å². The maximum atomic E-state index is 14.0. The van der Waals surface area contributed by atoms with Crippen LogP contribution in [-0.4, -0.2) is 33.1 Å². The Morgan fingerprint density at radius 2 is 1.97 bits per heavy atom. The van der Waals surface area contributed by atoms with Gasteiger partial charge in [-0.1, -0.05) is 24.8 Å². The van der Waals surface area contributed by atoms with Crippen LogP contribution in [0.4, 0.5) is 0 Å². The number of fused-ring (bicyclic) bond motifs is 6. The zero-order chi connectivity index (χ0) is 25.1. The van der Waals surface area contributed by atoms with Crippen LogP contribution in [0.25, 0.3) is 21.7 Å². The Balaban J connectivity index is 1.40. The van der Waals surface area contributed by atoms with Gasteiger partial charge >= 0.3 is 0 Å². The topological polar surface area (TPSA) is 79.9 Å². The van der Waals surface area contributed by atoms with Gasteiger partial charge in [0.1, 0.15) is 10.6 Å². The minimum atomic E-state index is -0.0422. The van der Waals surface area contributed by atoms with Crippen LogP contribution in [0.15, 0.2) is 52.4 Å². The fourth-order valence-corrected chi connectivity index (χ4v) is 7.57. The standard InChI is InChI=1S/C27H24N4O4S2/c1-15-3-9-19-22(11-15)37-25-23(19)24(32)30(17-5-7-18(33-2)8-6-17)26-28-29-27(31(25)26)36-13-16-4-10-20-21(12-16)35-14-34-20/h4-8,10,12,15H,3,9,11,13-14H2,1-2H3. The molecule has 1 aliphatic heterocycles. The molecule has 0 radical (unpaired) electrons. The van der Waals surface area contributed by atoms with E-state index in [1.54, 1.807) is 34.8 Å². The quantitative estimate of drug-likeness (QED) is 0.286. The first-order valence-electron chi connectivity index (χ1n) is 12.2. The minimum Gasteiger partial charge on any atom is -0.497 e. The van der Waals surface area contributed by atoms with Crippen molar-refractivity contribution in [1.29, 1.82) is 0 Å². The number of methoxy groups -OCH3 is 1. The Kier molecular flexibility index (Phi) is 5.40. The summed E-state index contributed by atoms with van der Waals surface area (Å²) in [5, 5.41) is 10.6. The molecule has 0 fully saturated rings. The monoisotopic (exact) mass is 532 g/mol. The lowest BCUT2D eigenvalue weighted by Crippen LogP contribution is -2.22. The molecule has 0 amide bonds. The van der Waals surface area contributed by atoms with Gasteiger partial charge in [-0.2, -0.15) is 0 Å². The zero-order valence-corrected chi connectivity index (χ0v) is 22.0. The summed E-state index contributed by atoms with van der Waals surface area (Å²) in [6.07, 6.45) is 3.01. The zero-order valence-electron chi connectivity index (χ0n) is 20.4.